The number of hydrogen-bond donors (Lipinski definition) is 1. The first-order chi connectivity index (χ1) is 15.2. The van der Waals surface area contributed by atoms with E-state index in [1.807, 2.05) is 90.1 Å². The molecule has 1 aliphatic heterocycles. The van der Waals surface area contributed by atoms with Crippen molar-refractivity contribution in [2.24, 2.45) is 0 Å². The molecule has 162 valence electrons. The van der Waals surface area contributed by atoms with Crippen molar-refractivity contribution in [1.82, 2.24) is 0 Å². The zero-order chi connectivity index (χ0) is 23.2. The van der Waals surface area contributed by atoms with Gasteiger partial charge in [-0.2, -0.15) is 0 Å². The predicted molar refractivity (Wildman–Crippen MR) is 131 cm³/mol. The first kappa shape index (κ1) is 21.6. The van der Waals surface area contributed by atoms with Gasteiger partial charge in [0.05, 0.1) is 11.3 Å². The van der Waals surface area contributed by atoms with Crippen LogP contribution in [0.25, 0.3) is 5.57 Å². The Morgan fingerprint density at radius 1 is 0.625 bits per heavy atom. The molecule has 0 radical (unpaired) electrons. The molecule has 0 saturated carbocycles. The molecule has 0 aromatic heterocycles. The van der Waals surface area contributed by atoms with Crippen molar-refractivity contribution in [2.45, 2.75) is 41.5 Å². The summed E-state index contributed by atoms with van der Waals surface area (Å²) in [7, 11) is 0. The zero-order valence-electron chi connectivity index (χ0n) is 19.5. The minimum absolute atomic E-state index is 0.303. The summed E-state index contributed by atoms with van der Waals surface area (Å²) in [5.41, 5.74) is 9.04. The minimum atomic E-state index is -0.335. The molecule has 4 rings (SSSR count). The van der Waals surface area contributed by atoms with E-state index >= 15 is 0 Å². The van der Waals surface area contributed by atoms with Gasteiger partial charge in [-0.1, -0.05) is 42.0 Å². The van der Waals surface area contributed by atoms with E-state index in [1.54, 1.807) is 0 Å². The average molecular weight is 425 g/mol. The average Bonchev–Trinajstić information content (AvgIpc) is 2.93. The van der Waals surface area contributed by atoms with E-state index in [1.165, 1.54) is 4.90 Å². The number of carbonyl (C=O) groups excluding carboxylic acids is 2. The third-order valence-corrected chi connectivity index (χ3v) is 5.83. The Labute approximate surface area is 189 Å². The number of nitrogens with zero attached hydrogens (tertiary/aromatic N) is 1. The van der Waals surface area contributed by atoms with Gasteiger partial charge in [0.25, 0.3) is 11.8 Å². The molecule has 4 heteroatoms. The van der Waals surface area contributed by atoms with Gasteiger partial charge in [-0.3, -0.25) is 9.59 Å². The molecule has 1 aliphatic rings. The Balaban J connectivity index is 1.90. The van der Waals surface area contributed by atoms with Crippen LogP contribution in [0, 0.1) is 41.5 Å². The highest BCUT2D eigenvalue weighted by molar-refractivity contribution is 6.46. The summed E-state index contributed by atoms with van der Waals surface area (Å²) < 4.78 is 0. The van der Waals surface area contributed by atoms with Crippen molar-refractivity contribution in [3.8, 4) is 0 Å². The summed E-state index contributed by atoms with van der Waals surface area (Å²) in [6.07, 6.45) is 0. The summed E-state index contributed by atoms with van der Waals surface area (Å²) in [6, 6.07) is 17.8. The molecule has 0 saturated heterocycles. The fourth-order valence-electron chi connectivity index (χ4n) is 4.36. The molecule has 0 bridgehead atoms. The number of anilines is 2. The van der Waals surface area contributed by atoms with Gasteiger partial charge >= 0.3 is 0 Å². The number of aryl methyl sites for hydroxylation is 6. The van der Waals surface area contributed by atoms with E-state index in [2.05, 4.69) is 11.4 Å². The van der Waals surface area contributed by atoms with E-state index in [-0.39, 0.29) is 11.8 Å². The minimum Gasteiger partial charge on any atom is -0.350 e. The van der Waals surface area contributed by atoms with Crippen LogP contribution in [0.3, 0.4) is 0 Å². The molecule has 0 atom stereocenters. The molecular weight excluding hydrogens is 396 g/mol. The van der Waals surface area contributed by atoms with Gasteiger partial charge in [-0.05, 0) is 93.1 Å². The van der Waals surface area contributed by atoms with Crippen molar-refractivity contribution >= 4 is 28.8 Å². The second-order valence-corrected chi connectivity index (χ2v) is 8.81. The lowest BCUT2D eigenvalue weighted by Crippen LogP contribution is -2.33. The van der Waals surface area contributed by atoms with Gasteiger partial charge in [-0.15, -0.1) is 0 Å². The fourth-order valence-corrected chi connectivity index (χ4v) is 4.36. The van der Waals surface area contributed by atoms with Crippen LogP contribution in [0.15, 0.2) is 60.3 Å². The number of carbonyl (C=O) groups is 2. The third-order valence-electron chi connectivity index (χ3n) is 5.83. The standard InChI is InChI=1S/C28H28N2O2/c1-16-8-10-23(21(6)12-16)25-26(29-22-13-18(3)11-19(4)14-22)28(32)30(27(25)31)24-15-17(2)7-9-20(24)5/h7-15,29H,1-6H3. The van der Waals surface area contributed by atoms with Crippen LogP contribution >= 0.6 is 0 Å². The second-order valence-electron chi connectivity index (χ2n) is 8.81. The molecular formula is C28H28N2O2. The van der Waals surface area contributed by atoms with Crippen molar-refractivity contribution < 1.29 is 9.59 Å². The highest BCUT2D eigenvalue weighted by Crippen LogP contribution is 2.36. The largest absolute Gasteiger partial charge is 0.350 e. The normalized spacial score (nSPS) is 13.9. The van der Waals surface area contributed by atoms with Crippen molar-refractivity contribution in [1.29, 1.82) is 0 Å². The van der Waals surface area contributed by atoms with Crippen molar-refractivity contribution in [3.63, 3.8) is 0 Å². The molecule has 4 nitrogen and oxygen atoms in total. The van der Waals surface area contributed by atoms with Crippen LogP contribution < -0.4 is 10.2 Å². The summed E-state index contributed by atoms with van der Waals surface area (Å²) in [6.45, 7) is 11.9. The maximum Gasteiger partial charge on any atom is 0.282 e. The molecule has 0 fully saturated rings. The Morgan fingerprint density at radius 3 is 1.91 bits per heavy atom. The fraction of sp³-hybridized carbons (Fsp3) is 0.214. The van der Waals surface area contributed by atoms with E-state index in [0.717, 1.165) is 44.6 Å². The van der Waals surface area contributed by atoms with Crippen LogP contribution in [0.1, 0.15) is 38.9 Å². The number of amides is 2. The predicted octanol–water partition coefficient (Wildman–Crippen LogP) is 5.93. The zero-order valence-corrected chi connectivity index (χ0v) is 19.5. The first-order valence-corrected chi connectivity index (χ1v) is 10.8. The number of imide groups is 1. The van der Waals surface area contributed by atoms with E-state index in [4.69, 9.17) is 0 Å². The summed E-state index contributed by atoms with van der Waals surface area (Å²) in [5.74, 6) is -0.639. The van der Waals surface area contributed by atoms with E-state index in [9.17, 15) is 9.59 Å². The lowest BCUT2D eigenvalue weighted by Gasteiger charge is -2.18. The summed E-state index contributed by atoms with van der Waals surface area (Å²) in [5, 5.41) is 3.29. The third kappa shape index (κ3) is 3.84. The number of benzene rings is 3. The van der Waals surface area contributed by atoms with Gasteiger partial charge in [0.1, 0.15) is 5.70 Å². The molecule has 0 aliphatic carbocycles. The van der Waals surface area contributed by atoms with Crippen molar-refractivity contribution in [3.05, 3.63) is 99.2 Å². The molecule has 3 aromatic rings. The lowest BCUT2D eigenvalue weighted by molar-refractivity contribution is -0.120. The first-order valence-electron chi connectivity index (χ1n) is 10.8. The molecule has 0 spiro atoms. The van der Waals surface area contributed by atoms with E-state index in [0.29, 0.717) is 17.0 Å². The lowest BCUT2D eigenvalue weighted by atomic mass is 9.97. The molecule has 1 N–H and O–H groups in total. The van der Waals surface area contributed by atoms with Crippen LogP contribution in [0.5, 0.6) is 0 Å². The molecule has 0 unspecified atom stereocenters. The SMILES string of the molecule is Cc1cc(C)cc(NC2=C(c3ccc(C)cc3C)C(=O)N(c3cc(C)ccc3C)C2=O)c1. The summed E-state index contributed by atoms with van der Waals surface area (Å²) >= 11 is 0. The van der Waals surface area contributed by atoms with Gasteiger partial charge in [0.2, 0.25) is 0 Å². The van der Waals surface area contributed by atoms with Crippen LogP contribution in [0.4, 0.5) is 11.4 Å². The van der Waals surface area contributed by atoms with Gasteiger partial charge in [0, 0.05) is 5.69 Å². The monoisotopic (exact) mass is 424 g/mol. The highest BCUT2D eigenvalue weighted by Gasteiger charge is 2.41. The Morgan fingerprint density at radius 2 is 1.25 bits per heavy atom. The number of rotatable bonds is 4. The number of hydrogen-bond acceptors (Lipinski definition) is 3. The topological polar surface area (TPSA) is 49.4 Å². The van der Waals surface area contributed by atoms with Gasteiger partial charge < -0.3 is 5.32 Å². The molecule has 3 aromatic carbocycles. The number of nitrogens with one attached hydrogen (secondary N) is 1. The van der Waals surface area contributed by atoms with Crippen molar-refractivity contribution in [2.75, 3.05) is 10.2 Å². The molecule has 32 heavy (non-hydrogen) atoms. The summed E-state index contributed by atoms with van der Waals surface area (Å²) in [4.78, 5) is 28.8. The Bertz CT molecular complexity index is 1280. The van der Waals surface area contributed by atoms with Crippen LogP contribution in [-0.4, -0.2) is 11.8 Å². The van der Waals surface area contributed by atoms with E-state index < -0.39 is 0 Å². The molecule has 2 amide bonds. The quantitative estimate of drug-likeness (QED) is 0.528. The van der Waals surface area contributed by atoms with Crippen LogP contribution in [-0.2, 0) is 9.59 Å². The maximum atomic E-state index is 13.8. The van der Waals surface area contributed by atoms with Gasteiger partial charge in [0.15, 0.2) is 0 Å². The maximum absolute atomic E-state index is 13.8. The molecule has 1 heterocycles. The highest BCUT2D eigenvalue weighted by atomic mass is 16.2. The Hall–Kier alpha value is -3.66. The van der Waals surface area contributed by atoms with Crippen LogP contribution in [0.2, 0.25) is 0 Å². The second kappa shape index (κ2) is 8.12. The Kier molecular flexibility index (Phi) is 5.47. The van der Waals surface area contributed by atoms with Gasteiger partial charge in [-0.25, -0.2) is 4.90 Å². The smallest absolute Gasteiger partial charge is 0.282 e.